The molecule has 3 aromatic rings. The first kappa shape index (κ1) is 18.4. The second kappa shape index (κ2) is 6.30. The van der Waals surface area contributed by atoms with Gasteiger partial charge in [-0.15, -0.1) is 11.3 Å². The first-order valence-electron chi connectivity index (χ1n) is 8.26. The number of thiophene rings is 1. The highest BCUT2D eigenvalue weighted by atomic mass is 32.1. The zero-order valence-corrected chi connectivity index (χ0v) is 15.9. The second-order valence-electron chi connectivity index (χ2n) is 6.39. The number of anilines is 1. The van der Waals surface area contributed by atoms with Crippen molar-refractivity contribution in [3.05, 3.63) is 56.9 Å². The van der Waals surface area contributed by atoms with Gasteiger partial charge in [-0.25, -0.2) is 4.68 Å². The Balaban J connectivity index is 2.00. The predicted molar refractivity (Wildman–Crippen MR) is 96.2 cm³/mol. The van der Waals surface area contributed by atoms with Crippen LogP contribution >= 0.6 is 11.3 Å². The molecule has 1 N–H and O–H groups in total. The number of aryl methyl sites for hydroxylation is 2. The third kappa shape index (κ3) is 2.82. The van der Waals surface area contributed by atoms with Crippen LogP contribution in [0.25, 0.3) is 0 Å². The van der Waals surface area contributed by atoms with Gasteiger partial charge in [0.2, 0.25) is 11.7 Å². The summed E-state index contributed by atoms with van der Waals surface area (Å²) in [5.74, 6) is -0.785. The Bertz CT molecular complexity index is 1110. The van der Waals surface area contributed by atoms with Crippen LogP contribution in [0.4, 0.5) is 19.1 Å². The summed E-state index contributed by atoms with van der Waals surface area (Å²) in [6.07, 6.45) is -2.17. The zero-order valence-electron chi connectivity index (χ0n) is 15.1. The lowest BCUT2D eigenvalue weighted by atomic mass is 9.92. The van der Waals surface area contributed by atoms with Crippen LogP contribution in [-0.4, -0.2) is 36.5 Å². The van der Waals surface area contributed by atoms with Gasteiger partial charge in [0.15, 0.2) is 0 Å². The van der Waals surface area contributed by atoms with Gasteiger partial charge in [0.1, 0.15) is 18.1 Å². The van der Waals surface area contributed by atoms with E-state index in [1.54, 1.807) is 31.6 Å². The number of aromatic nitrogens is 5. The van der Waals surface area contributed by atoms with E-state index < -0.39 is 29.3 Å². The molecule has 0 saturated heterocycles. The van der Waals surface area contributed by atoms with Crippen molar-refractivity contribution in [2.24, 2.45) is 7.05 Å². The molecule has 3 aromatic heterocycles. The summed E-state index contributed by atoms with van der Waals surface area (Å²) in [4.78, 5) is 18.2. The van der Waals surface area contributed by atoms with Gasteiger partial charge in [-0.1, -0.05) is 0 Å². The van der Waals surface area contributed by atoms with E-state index >= 15 is 0 Å². The molecule has 1 aliphatic rings. The van der Waals surface area contributed by atoms with E-state index in [-0.39, 0.29) is 10.8 Å². The maximum Gasteiger partial charge on any atom is 0.431 e. The molecular weight excluding hydrogens is 393 g/mol. The molecule has 0 spiro atoms. The van der Waals surface area contributed by atoms with Crippen molar-refractivity contribution in [3.63, 3.8) is 0 Å². The molecule has 0 aromatic carbocycles. The van der Waals surface area contributed by atoms with Crippen LogP contribution in [0.5, 0.6) is 0 Å². The molecule has 0 radical (unpaired) electrons. The first-order chi connectivity index (χ1) is 13.2. The maximum absolute atomic E-state index is 13.9. The summed E-state index contributed by atoms with van der Waals surface area (Å²) in [6, 6.07) is 2.14. The lowest BCUT2D eigenvalue weighted by molar-refractivity contribution is -0.0918. The summed E-state index contributed by atoms with van der Waals surface area (Å²) < 4.78 is 44.6. The predicted octanol–water partition coefficient (Wildman–Crippen LogP) is 3.40. The molecule has 0 amide bonds. The van der Waals surface area contributed by atoms with E-state index in [2.05, 4.69) is 20.5 Å². The number of hydrogen-bond donors (Lipinski definition) is 1. The average molecular weight is 408 g/mol. The molecule has 146 valence electrons. The molecule has 4 heterocycles. The van der Waals surface area contributed by atoms with Gasteiger partial charge in [0.25, 0.3) is 0 Å². The number of hydrogen-bond acceptors (Lipinski definition) is 6. The molecule has 7 nitrogen and oxygen atoms in total. The van der Waals surface area contributed by atoms with Crippen LogP contribution in [-0.2, 0) is 7.05 Å². The zero-order chi connectivity index (χ0) is 20.2. The molecule has 0 fully saturated rings. The van der Waals surface area contributed by atoms with Crippen LogP contribution in [0.2, 0.25) is 0 Å². The van der Waals surface area contributed by atoms with Gasteiger partial charge in [0, 0.05) is 23.2 Å². The second-order valence-corrected chi connectivity index (χ2v) is 7.68. The van der Waals surface area contributed by atoms with Gasteiger partial charge in [-0.05, 0) is 26.0 Å². The fourth-order valence-electron chi connectivity index (χ4n) is 3.19. The Morgan fingerprint density at radius 2 is 2.00 bits per heavy atom. The maximum atomic E-state index is 13.9. The van der Waals surface area contributed by atoms with E-state index in [4.69, 9.17) is 0 Å². The number of allylic oxidation sites excluding steroid dienone is 2. The molecule has 1 atom stereocenters. The van der Waals surface area contributed by atoms with Gasteiger partial charge < -0.3 is 5.32 Å². The van der Waals surface area contributed by atoms with Crippen LogP contribution in [0.3, 0.4) is 0 Å². The quantitative estimate of drug-likeness (QED) is 0.672. The lowest BCUT2D eigenvalue weighted by Gasteiger charge is -2.30. The Morgan fingerprint density at radius 1 is 1.25 bits per heavy atom. The normalized spacial score (nSPS) is 16.9. The molecule has 28 heavy (non-hydrogen) atoms. The molecule has 11 heteroatoms. The van der Waals surface area contributed by atoms with E-state index in [0.717, 1.165) is 22.5 Å². The fourth-order valence-corrected chi connectivity index (χ4v) is 4.01. The molecule has 0 aliphatic carbocycles. The standard InChI is InChI=1S/C17H15F3N6OS/c1-8-4-5-11(28-8)14(27)12-13(10-6-22-25(3)9(10)2)26-16(21-7-23-26)24-15(12)17(18,19)20/h4-7,13H,1-3H3,(H,21,23,24)/t13-/m1/s1. The van der Waals surface area contributed by atoms with E-state index in [0.29, 0.717) is 11.3 Å². The number of nitrogens with zero attached hydrogens (tertiary/aromatic N) is 5. The van der Waals surface area contributed by atoms with Gasteiger partial charge in [0.05, 0.1) is 16.6 Å². The largest absolute Gasteiger partial charge is 0.431 e. The Kier molecular flexibility index (Phi) is 4.14. The highest BCUT2D eigenvalue weighted by Crippen LogP contribution is 2.43. The third-order valence-corrected chi connectivity index (χ3v) is 5.66. The number of rotatable bonds is 3. The molecule has 4 rings (SSSR count). The topological polar surface area (TPSA) is 77.6 Å². The Morgan fingerprint density at radius 3 is 2.57 bits per heavy atom. The molecular formula is C17H15F3N6OS. The fraction of sp³-hybridized carbons (Fsp3) is 0.294. The highest BCUT2D eigenvalue weighted by Gasteiger charge is 2.46. The number of alkyl halides is 3. The number of carbonyl (C=O) groups is 1. The number of Topliss-reactive ketones (excluding diaryl/α,β-unsaturated/α-hetero) is 1. The van der Waals surface area contributed by atoms with Gasteiger partial charge in [-0.2, -0.15) is 28.4 Å². The summed E-state index contributed by atoms with van der Waals surface area (Å²) in [5.41, 5.74) is -0.475. The van der Waals surface area contributed by atoms with Gasteiger partial charge in [-0.3, -0.25) is 9.48 Å². The minimum Gasteiger partial charge on any atom is -0.320 e. The van der Waals surface area contributed by atoms with Crippen molar-refractivity contribution >= 4 is 23.1 Å². The Hall–Kier alpha value is -2.95. The van der Waals surface area contributed by atoms with E-state index in [9.17, 15) is 18.0 Å². The van der Waals surface area contributed by atoms with E-state index in [1.807, 2.05) is 0 Å². The average Bonchev–Trinajstić information content (AvgIpc) is 3.34. The Labute approximate surface area is 161 Å². The van der Waals surface area contributed by atoms with Crippen LogP contribution in [0.15, 0.2) is 35.9 Å². The third-order valence-electron chi connectivity index (χ3n) is 4.66. The van der Waals surface area contributed by atoms with Crippen LogP contribution in [0.1, 0.15) is 31.8 Å². The van der Waals surface area contributed by atoms with Crippen molar-refractivity contribution in [3.8, 4) is 0 Å². The first-order valence-corrected chi connectivity index (χ1v) is 9.07. The summed E-state index contributed by atoms with van der Waals surface area (Å²) in [7, 11) is 1.68. The van der Waals surface area contributed by atoms with Crippen molar-refractivity contribution < 1.29 is 18.0 Å². The monoisotopic (exact) mass is 408 g/mol. The summed E-state index contributed by atoms with van der Waals surface area (Å²) in [5, 5.41) is 10.4. The number of nitrogens with one attached hydrogen (secondary N) is 1. The highest BCUT2D eigenvalue weighted by molar-refractivity contribution is 7.14. The summed E-state index contributed by atoms with van der Waals surface area (Å²) in [6.45, 7) is 3.52. The van der Waals surface area contributed by atoms with Crippen molar-refractivity contribution in [2.45, 2.75) is 26.1 Å². The minimum atomic E-state index is -4.77. The molecule has 0 bridgehead atoms. The molecule has 1 aliphatic heterocycles. The van der Waals surface area contributed by atoms with Crippen LogP contribution in [0, 0.1) is 13.8 Å². The number of ketones is 1. The van der Waals surface area contributed by atoms with Gasteiger partial charge >= 0.3 is 6.18 Å². The van der Waals surface area contributed by atoms with E-state index in [1.165, 1.54) is 16.9 Å². The van der Waals surface area contributed by atoms with Crippen molar-refractivity contribution in [2.75, 3.05) is 5.32 Å². The van der Waals surface area contributed by atoms with Crippen molar-refractivity contribution in [1.82, 2.24) is 24.5 Å². The minimum absolute atomic E-state index is 0.0838. The molecule has 0 unspecified atom stereocenters. The number of fused-ring (bicyclic) bond motifs is 1. The lowest BCUT2D eigenvalue weighted by Crippen LogP contribution is -2.35. The number of carbonyl (C=O) groups excluding carboxylic acids is 1. The molecule has 0 saturated carbocycles. The number of halogens is 3. The smallest absolute Gasteiger partial charge is 0.320 e. The van der Waals surface area contributed by atoms with Crippen LogP contribution < -0.4 is 5.32 Å². The SMILES string of the molecule is Cc1ccc(C(=O)C2=C(C(F)(F)F)Nc3ncnn3[C@@H]2c2cnn(C)c2C)s1. The summed E-state index contributed by atoms with van der Waals surface area (Å²) >= 11 is 1.15. The van der Waals surface area contributed by atoms with Crippen molar-refractivity contribution in [1.29, 1.82) is 0 Å².